The molecule has 1 fully saturated rings. The highest BCUT2D eigenvalue weighted by atomic mass is 32.2. The fourth-order valence-corrected chi connectivity index (χ4v) is 2.82. The number of thioether (sulfide) groups is 1. The first-order valence-electron chi connectivity index (χ1n) is 8.14. The van der Waals surface area contributed by atoms with E-state index in [1.54, 1.807) is 11.8 Å². The van der Waals surface area contributed by atoms with Gasteiger partial charge in [0.25, 0.3) is 0 Å². The van der Waals surface area contributed by atoms with Crippen molar-refractivity contribution in [3.63, 3.8) is 0 Å². The van der Waals surface area contributed by atoms with Gasteiger partial charge in [-0.2, -0.15) is 11.8 Å². The topological polar surface area (TPSA) is 63.5 Å². The number of hydrogen-bond donors (Lipinski definition) is 2. The Bertz CT molecular complexity index is 506. The maximum Gasteiger partial charge on any atom is 0.407 e. The van der Waals surface area contributed by atoms with E-state index in [0.717, 1.165) is 23.8 Å². The van der Waals surface area contributed by atoms with Gasteiger partial charge in [0, 0.05) is 12.6 Å². The molecule has 1 heterocycles. The molecule has 1 saturated carbocycles. The molecule has 6 heteroatoms. The summed E-state index contributed by atoms with van der Waals surface area (Å²) in [5, 5.41) is 6.37. The number of carbonyl (C=O) groups excluding carboxylic acids is 1. The molecule has 1 aromatic rings. The third kappa shape index (κ3) is 6.87. The van der Waals surface area contributed by atoms with E-state index in [1.165, 1.54) is 12.8 Å². The summed E-state index contributed by atoms with van der Waals surface area (Å²) in [5.41, 5.74) is -0.465. The summed E-state index contributed by atoms with van der Waals surface area (Å²) < 4.78 is 11.1. The molecule has 1 aromatic heterocycles. The van der Waals surface area contributed by atoms with Crippen LogP contribution in [0.3, 0.4) is 0 Å². The lowest BCUT2D eigenvalue weighted by Crippen LogP contribution is -2.45. The number of hydrogen-bond acceptors (Lipinski definition) is 5. The van der Waals surface area contributed by atoms with E-state index >= 15 is 0 Å². The van der Waals surface area contributed by atoms with Crippen molar-refractivity contribution >= 4 is 17.9 Å². The zero-order valence-corrected chi connectivity index (χ0v) is 15.3. The number of alkyl carbamates (subject to hydrolysis) is 1. The van der Waals surface area contributed by atoms with Crippen LogP contribution in [0, 0.1) is 5.92 Å². The van der Waals surface area contributed by atoms with Gasteiger partial charge in [-0.1, -0.05) is 0 Å². The minimum absolute atomic E-state index is 0.116. The number of rotatable bonds is 8. The largest absolute Gasteiger partial charge is 0.464 e. The van der Waals surface area contributed by atoms with E-state index in [-0.39, 0.29) is 12.1 Å². The second kappa shape index (κ2) is 8.11. The Morgan fingerprint density at radius 1 is 1.39 bits per heavy atom. The average molecular weight is 340 g/mol. The van der Waals surface area contributed by atoms with E-state index in [2.05, 4.69) is 16.9 Å². The Morgan fingerprint density at radius 3 is 2.70 bits per heavy atom. The highest BCUT2D eigenvalue weighted by molar-refractivity contribution is 7.97. The number of ether oxygens (including phenoxy) is 1. The lowest BCUT2D eigenvalue weighted by molar-refractivity contribution is 0.0497. The Hall–Kier alpha value is -1.14. The summed E-state index contributed by atoms with van der Waals surface area (Å²) in [6.45, 7) is 7.02. The van der Waals surface area contributed by atoms with Crippen molar-refractivity contribution in [1.29, 1.82) is 0 Å². The normalized spacial score (nSPS) is 16.2. The standard InChI is InChI=1S/C17H28N2O3S/c1-17(2,3)22-16(20)19-15(12-5-6-12)10-18-9-13-7-8-14(21-13)11-23-4/h7-8,12,15,18H,5-6,9-11H2,1-4H3,(H,19,20). The zero-order valence-electron chi connectivity index (χ0n) is 14.5. The molecule has 0 spiro atoms. The number of furan rings is 1. The molecule has 1 aliphatic rings. The summed E-state index contributed by atoms with van der Waals surface area (Å²) >= 11 is 1.74. The lowest BCUT2D eigenvalue weighted by atomic mass is 10.2. The minimum atomic E-state index is -0.465. The number of carbonyl (C=O) groups is 1. The van der Waals surface area contributed by atoms with E-state index in [0.29, 0.717) is 12.5 Å². The first-order valence-corrected chi connectivity index (χ1v) is 9.53. The van der Waals surface area contributed by atoms with Crippen LogP contribution < -0.4 is 10.6 Å². The first kappa shape index (κ1) is 18.2. The highest BCUT2D eigenvalue weighted by Gasteiger charge is 2.33. The van der Waals surface area contributed by atoms with Crippen LogP contribution in [0.25, 0.3) is 0 Å². The second-order valence-corrected chi connectivity index (χ2v) is 7.89. The van der Waals surface area contributed by atoms with Crippen molar-refractivity contribution in [1.82, 2.24) is 10.6 Å². The van der Waals surface area contributed by atoms with Gasteiger partial charge >= 0.3 is 6.09 Å². The Balaban J connectivity index is 1.75. The van der Waals surface area contributed by atoms with E-state index in [4.69, 9.17) is 9.15 Å². The Labute approximate surface area is 142 Å². The minimum Gasteiger partial charge on any atom is -0.464 e. The fraction of sp³-hybridized carbons (Fsp3) is 0.706. The van der Waals surface area contributed by atoms with Crippen LogP contribution in [0.5, 0.6) is 0 Å². The van der Waals surface area contributed by atoms with Gasteiger partial charge in [0.1, 0.15) is 17.1 Å². The molecule has 1 unspecified atom stereocenters. The third-order valence-electron chi connectivity index (χ3n) is 3.56. The molecule has 5 nitrogen and oxygen atoms in total. The average Bonchev–Trinajstić information content (AvgIpc) is 3.18. The second-order valence-electron chi connectivity index (χ2n) is 7.02. The predicted octanol–water partition coefficient (Wildman–Crippen LogP) is 3.54. The molecule has 1 amide bonds. The number of amides is 1. The van der Waals surface area contributed by atoms with Crippen molar-refractivity contribution in [3.8, 4) is 0 Å². The van der Waals surface area contributed by atoms with Gasteiger partial charge in [0.2, 0.25) is 0 Å². The monoisotopic (exact) mass is 340 g/mol. The van der Waals surface area contributed by atoms with Gasteiger partial charge in [-0.15, -0.1) is 0 Å². The van der Waals surface area contributed by atoms with Crippen LogP contribution in [0.15, 0.2) is 16.5 Å². The number of nitrogens with one attached hydrogen (secondary N) is 2. The van der Waals surface area contributed by atoms with Crippen molar-refractivity contribution in [2.45, 2.75) is 57.6 Å². The zero-order chi connectivity index (χ0) is 16.9. The molecule has 0 bridgehead atoms. The van der Waals surface area contributed by atoms with E-state index in [9.17, 15) is 4.79 Å². The summed E-state index contributed by atoms with van der Waals surface area (Å²) in [7, 11) is 0. The molecule has 0 saturated heterocycles. The van der Waals surface area contributed by atoms with Crippen LogP contribution in [0.2, 0.25) is 0 Å². The maximum absolute atomic E-state index is 11.9. The molecule has 1 atom stereocenters. The molecule has 2 N–H and O–H groups in total. The van der Waals surface area contributed by atoms with E-state index < -0.39 is 5.60 Å². The Morgan fingerprint density at radius 2 is 2.09 bits per heavy atom. The van der Waals surface area contributed by atoms with Gasteiger partial charge in [-0.05, 0) is 57.9 Å². The summed E-state index contributed by atoms with van der Waals surface area (Å²) in [6, 6.07) is 4.14. The summed E-state index contributed by atoms with van der Waals surface area (Å²) in [4.78, 5) is 11.9. The molecule has 130 valence electrons. The molecule has 2 rings (SSSR count). The fourth-order valence-electron chi connectivity index (χ4n) is 2.38. The van der Waals surface area contributed by atoms with Crippen molar-refractivity contribution in [3.05, 3.63) is 23.7 Å². The van der Waals surface area contributed by atoms with Crippen molar-refractivity contribution < 1.29 is 13.9 Å². The molecule has 23 heavy (non-hydrogen) atoms. The van der Waals surface area contributed by atoms with E-state index in [1.807, 2.05) is 32.9 Å². The lowest BCUT2D eigenvalue weighted by Gasteiger charge is -2.23. The molecule has 0 aromatic carbocycles. The van der Waals surface area contributed by atoms with Gasteiger partial charge in [-0.25, -0.2) is 4.79 Å². The Kier molecular flexibility index (Phi) is 6.41. The summed E-state index contributed by atoms with van der Waals surface area (Å²) in [6.07, 6.45) is 4.06. The maximum atomic E-state index is 11.9. The van der Waals surface area contributed by atoms with Gasteiger partial charge in [0.05, 0.1) is 12.3 Å². The van der Waals surface area contributed by atoms with Gasteiger partial charge in [0.15, 0.2) is 0 Å². The van der Waals surface area contributed by atoms with Crippen LogP contribution in [-0.2, 0) is 17.0 Å². The summed E-state index contributed by atoms with van der Waals surface area (Å²) in [5.74, 6) is 3.38. The third-order valence-corrected chi connectivity index (χ3v) is 4.13. The molecular weight excluding hydrogens is 312 g/mol. The van der Waals surface area contributed by atoms with Crippen LogP contribution in [0.4, 0.5) is 4.79 Å². The van der Waals surface area contributed by atoms with Crippen LogP contribution >= 0.6 is 11.8 Å². The van der Waals surface area contributed by atoms with Crippen molar-refractivity contribution in [2.75, 3.05) is 12.8 Å². The molecular formula is C17H28N2O3S. The van der Waals surface area contributed by atoms with Crippen LogP contribution in [0.1, 0.15) is 45.1 Å². The van der Waals surface area contributed by atoms with Crippen LogP contribution in [-0.4, -0.2) is 30.5 Å². The van der Waals surface area contributed by atoms with Crippen molar-refractivity contribution in [2.24, 2.45) is 5.92 Å². The quantitative estimate of drug-likeness (QED) is 0.758. The molecule has 1 aliphatic carbocycles. The predicted molar refractivity (Wildman–Crippen MR) is 93.5 cm³/mol. The highest BCUT2D eigenvalue weighted by Crippen LogP contribution is 2.32. The van der Waals surface area contributed by atoms with Gasteiger partial charge < -0.3 is 19.8 Å². The SMILES string of the molecule is CSCc1ccc(CNCC(NC(=O)OC(C)(C)C)C2CC2)o1. The first-order chi connectivity index (χ1) is 10.9. The van der Waals surface area contributed by atoms with Gasteiger partial charge in [-0.3, -0.25) is 0 Å². The molecule has 0 radical (unpaired) electrons. The smallest absolute Gasteiger partial charge is 0.407 e. The molecule has 0 aliphatic heterocycles.